The SMILES string of the molecule is CCOC(=O)C(C#N)C(=O)CNC(C)=O. The number of carbonyl (C=O) groups is 3. The first kappa shape index (κ1) is 13.1. The molecule has 0 aromatic heterocycles. The molecule has 82 valence electrons. The van der Waals surface area contributed by atoms with Gasteiger partial charge in [0.2, 0.25) is 11.8 Å². The van der Waals surface area contributed by atoms with Gasteiger partial charge < -0.3 is 10.1 Å². The van der Waals surface area contributed by atoms with Gasteiger partial charge in [-0.15, -0.1) is 0 Å². The monoisotopic (exact) mass is 212 g/mol. The Kier molecular flexibility index (Phi) is 5.71. The average Bonchev–Trinajstić information content (AvgIpc) is 2.16. The van der Waals surface area contributed by atoms with Crippen LogP contribution < -0.4 is 5.32 Å². The lowest BCUT2D eigenvalue weighted by atomic mass is 10.1. The van der Waals surface area contributed by atoms with Gasteiger partial charge in [-0.3, -0.25) is 14.4 Å². The summed E-state index contributed by atoms with van der Waals surface area (Å²) in [7, 11) is 0. The van der Waals surface area contributed by atoms with E-state index in [2.05, 4.69) is 10.1 Å². The summed E-state index contributed by atoms with van der Waals surface area (Å²) in [6.07, 6.45) is 0. The Morgan fingerprint density at radius 2 is 2.07 bits per heavy atom. The maximum absolute atomic E-state index is 11.3. The van der Waals surface area contributed by atoms with Crippen molar-refractivity contribution in [3.05, 3.63) is 0 Å². The summed E-state index contributed by atoms with van der Waals surface area (Å²) < 4.78 is 4.53. The molecule has 0 spiro atoms. The van der Waals surface area contributed by atoms with Crippen LogP contribution in [0, 0.1) is 17.2 Å². The van der Waals surface area contributed by atoms with Gasteiger partial charge in [0.1, 0.15) is 0 Å². The average molecular weight is 212 g/mol. The van der Waals surface area contributed by atoms with Gasteiger partial charge in [-0.2, -0.15) is 5.26 Å². The first-order chi connectivity index (χ1) is 7.02. The normalized spacial score (nSPS) is 11.0. The largest absolute Gasteiger partial charge is 0.465 e. The Balaban J connectivity index is 4.30. The molecule has 0 saturated carbocycles. The highest BCUT2D eigenvalue weighted by atomic mass is 16.5. The Labute approximate surface area is 87.2 Å². The molecule has 0 aromatic rings. The van der Waals surface area contributed by atoms with Crippen molar-refractivity contribution in [2.45, 2.75) is 13.8 Å². The molecule has 15 heavy (non-hydrogen) atoms. The minimum absolute atomic E-state index is 0.102. The first-order valence-electron chi connectivity index (χ1n) is 4.36. The van der Waals surface area contributed by atoms with Crippen molar-refractivity contribution in [1.82, 2.24) is 5.32 Å². The Morgan fingerprint density at radius 1 is 1.47 bits per heavy atom. The lowest BCUT2D eigenvalue weighted by Crippen LogP contribution is -2.34. The molecule has 0 fully saturated rings. The number of carbonyl (C=O) groups excluding carboxylic acids is 3. The van der Waals surface area contributed by atoms with Crippen LogP contribution in [0.25, 0.3) is 0 Å². The van der Waals surface area contributed by atoms with E-state index in [4.69, 9.17) is 5.26 Å². The first-order valence-corrected chi connectivity index (χ1v) is 4.36. The number of Topliss-reactive ketones (excluding diaryl/α,β-unsaturated/α-hetero) is 1. The summed E-state index contributed by atoms with van der Waals surface area (Å²) in [4.78, 5) is 32.8. The Bertz CT molecular complexity index is 306. The van der Waals surface area contributed by atoms with Gasteiger partial charge in [-0.25, -0.2) is 0 Å². The van der Waals surface area contributed by atoms with Gasteiger partial charge in [0.25, 0.3) is 0 Å². The molecular formula is C9H12N2O4. The number of nitrogens with one attached hydrogen (secondary N) is 1. The van der Waals surface area contributed by atoms with Crippen LogP contribution in [0.3, 0.4) is 0 Å². The van der Waals surface area contributed by atoms with Crippen LogP contribution in [-0.4, -0.2) is 30.8 Å². The molecule has 1 N–H and O–H groups in total. The van der Waals surface area contributed by atoms with Crippen molar-refractivity contribution in [2.24, 2.45) is 5.92 Å². The number of ketones is 1. The number of nitriles is 1. The minimum Gasteiger partial charge on any atom is -0.465 e. The van der Waals surface area contributed by atoms with Crippen LogP contribution in [0.1, 0.15) is 13.8 Å². The zero-order valence-corrected chi connectivity index (χ0v) is 8.57. The highest BCUT2D eigenvalue weighted by molar-refractivity contribution is 6.03. The van der Waals surface area contributed by atoms with Crippen LogP contribution in [0.4, 0.5) is 0 Å². The summed E-state index contributed by atoms with van der Waals surface area (Å²) in [5.74, 6) is -3.41. The summed E-state index contributed by atoms with van der Waals surface area (Å²) in [6.45, 7) is 2.57. The molecular weight excluding hydrogens is 200 g/mol. The molecule has 0 radical (unpaired) electrons. The number of hydrogen-bond donors (Lipinski definition) is 1. The van der Waals surface area contributed by atoms with Crippen molar-refractivity contribution in [3.8, 4) is 6.07 Å². The lowest BCUT2D eigenvalue weighted by molar-refractivity contribution is -0.149. The van der Waals surface area contributed by atoms with Gasteiger partial charge in [-0.1, -0.05) is 0 Å². The van der Waals surface area contributed by atoms with E-state index in [0.717, 1.165) is 0 Å². The third kappa shape index (κ3) is 4.76. The fraction of sp³-hybridized carbons (Fsp3) is 0.556. The number of rotatable bonds is 5. The fourth-order valence-corrected chi connectivity index (χ4v) is 0.795. The molecule has 1 amide bonds. The van der Waals surface area contributed by atoms with E-state index in [1.54, 1.807) is 6.92 Å². The Hall–Kier alpha value is -1.90. The molecule has 0 aliphatic rings. The molecule has 0 bridgehead atoms. The number of amides is 1. The topological polar surface area (TPSA) is 96.3 Å². The molecule has 6 nitrogen and oxygen atoms in total. The van der Waals surface area contributed by atoms with Crippen LogP contribution in [0.15, 0.2) is 0 Å². The van der Waals surface area contributed by atoms with Crippen molar-refractivity contribution in [2.75, 3.05) is 13.2 Å². The van der Waals surface area contributed by atoms with Crippen LogP contribution in [0.5, 0.6) is 0 Å². The van der Waals surface area contributed by atoms with E-state index in [1.165, 1.54) is 13.0 Å². The lowest BCUT2D eigenvalue weighted by Gasteiger charge is -2.07. The second-order valence-electron chi connectivity index (χ2n) is 2.69. The van der Waals surface area contributed by atoms with Gasteiger partial charge in [0, 0.05) is 6.92 Å². The molecule has 0 aromatic carbocycles. The minimum atomic E-state index is -1.46. The van der Waals surface area contributed by atoms with Gasteiger partial charge in [0.05, 0.1) is 19.2 Å². The standard InChI is InChI=1S/C9H12N2O4/c1-3-15-9(14)7(4-10)8(13)5-11-6(2)12/h7H,3,5H2,1-2H3,(H,11,12). The maximum atomic E-state index is 11.3. The smallest absolute Gasteiger partial charge is 0.331 e. The molecule has 0 aliphatic carbocycles. The van der Waals surface area contributed by atoms with Crippen molar-refractivity contribution in [3.63, 3.8) is 0 Å². The highest BCUT2D eigenvalue weighted by Gasteiger charge is 2.27. The van der Waals surface area contributed by atoms with E-state index in [-0.39, 0.29) is 13.2 Å². The molecule has 1 atom stereocenters. The predicted octanol–water partition coefficient (Wildman–Crippen LogP) is -0.606. The highest BCUT2D eigenvalue weighted by Crippen LogP contribution is 1.99. The Morgan fingerprint density at radius 3 is 2.47 bits per heavy atom. The number of nitrogens with zero attached hydrogens (tertiary/aromatic N) is 1. The van der Waals surface area contributed by atoms with Crippen molar-refractivity contribution in [1.29, 1.82) is 5.26 Å². The van der Waals surface area contributed by atoms with Gasteiger partial charge in [0.15, 0.2) is 5.78 Å². The third-order valence-electron chi connectivity index (χ3n) is 1.48. The van der Waals surface area contributed by atoms with E-state index in [0.29, 0.717) is 0 Å². The number of hydrogen-bond acceptors (Lipinski definition) is 5. The summed E-state index contributed by atoms with van der Waals surface area (Å²) >= 11 is 0. The van der Waals surface area contributed by atoms with E-state index < -0.39 is 23.6 Å². The molecule has 1 unspecified atom stereocenters. The molecule has 0 heterocycles. The van der Waals surface area contributed by atoms with Crippen LogP contribution >= 0.6 is 0 Å². The van der Waals surface area contributed by atoms with Crippen LogP contribution in [-0.2, 0) is 19.1 Å². The molecule has 0 saturated heterocycles. The van der Waals surface area contributed by atoms with Gasteiger partial charge >= 0.3 is 5.97 Å². The summed E-state index contributed by atoms with van der Waals surface area (Å²) in [6, 6.07) is 1.53. The van der Waals surface area contributed by atoms with E-state index in [1.807, 2.05) is 0 Å². The second kappa shape index (κ2) is 6.54. The number of ether oxygens (including phenoxy) is 1. The predicted molar refractivity (Wildman–Crippen MR) is 49.4 cm³/mol. The molecule has 0 rings (SSSR count). The summed E-state index contributed by atoms with van der Waals surface area (Å²) in [5, 5.41) is 10.8. The maximum Gasteiger partial charge on any atom is 0.331 e. The third-order valence-corrected chi connectivity index (χ3v) is 1.48. The zero-order valence-electron chi connectivity index (χ0n) is 8.57. The second-order valence-corrected chi connectivity index (χ2v) is 2.69. The zero-order chi connectivity index (χ0) is 11.8. The molecule has 0 aliphatic heterocycles. The molecule has 6 heteroatoms. The fourth-order valence-electron chi connectivity index (χ4n) is 0.795. The van der Waals surface area contributed by atoms with Crippen LogP contribution in [0.2, 0.25) is 0 Å². The van der Waals surface area contributed by atoms with E-state index in [9.17, 15) is 14.4 Å². The van der Waals surface area contributed by atoms with Gasteiger partial charge in [-0.05, 0) is 6.92 Å². The van der Waals surface area contributed by atoms with Crippen molar-refractivity contribution >= 4 is 17.7 Å². The van der Waals surface area contributed by atoms with Crippen molar-refractivity contribution < 1.29 is 19.1 Å². The summed E-state index contributed by atoms with van der Waals surface area (Å²) in [5.41, 5.74) is 0. The number of esters is 1. The quantitative estimate of drug-likeness (QED) is 0.484. The van der Waals surface area contributed by atoms with E-state index >= 15 is 0 Å².